The molecule has 0 bridgehead atoms. The Labute approximate surface area is 238 Å². The summed E-state index contributed by atoms with van der Waals surface area (Å²) in [5.74, 6) is -0.640. The van der Waals surface area contributed by atoms with E-state index in [0.717, 1.165) is 58.5 Å². The van der Waals surface area contributed by atoms with Crippen molar-refractivity contribution in [3.63, 3.8) is 0 Å². The van der Waals surface area contributed by atoms with Gasteiger partial charge in [0, 0.05) is 19.0 Å². The summed E-state index contributed by atoms with van der Waals surface area (Å²) in [5, 5.41) is 3.19. The number of sulfonamides is 1. The maximum atomic E-state index is 14.2. The van der Waals surface area contributed by atoms with Gasteiger partial charge in [-0.2, -0.15) is 0 Å². The van der Waals surface area contributed by atoms with Crippen LogP contribution in [0.1, 0.15) is 47.9 Å². The van der Waals surface area contributed by atoms with Crippen molar-refractivity contribution in [2.45, 2.75) is 64.6 Å². The number of nitrogens with one attached hydrogen (secondary N) is 1. The van der Waals surface area contributed by atoms with E-state index >= 15 is 0 Å². The Balaban J connectivity index is 1.74. The first-order chi connectivity index (χ1) is 19.1. The Bertz CT molecular complexity index is 1420. The second-order valence-electron chi connectivity index (χ2n) is 10.7. The molecule has 1 saturated carbocycles. The van der Waals surface area contributed by atoms with Gasteiger partial charge in [-0.1, -0.05) is 85.6 Å². The molecule has 7 nitrogen and oxygen atoms in total. The van der Waals surface area contributed by atoms with Gasteiger partial charge >= 0.3 is 0 Å². The number of nitrogens with zero attached hydrogens (tertiary/aromatic N) is 2. The van der Waals surface area contributed by atoms with E-state index in [4.69, 9.17) is 0 Å². The van der Waals surface area contributed by atoms with Crippen molar-refractivity contribution >= 4 is 27.5 Å². The van der Waals surface area contributed by atoms with Crippen LogP contribution in [0.2, 0.25) is 0 Å². The lowest BCUT2D eigenvalue weighted by atomic mass is 10.0. The first-order valence-corrected chi connectivity index (χ1v) is 15.7. The summed E-state index contributed by atoms with van der Waals surface area (Å²) in [5.41, 5.74) is 4.02. The van der Waals surface area contributed by atoms with Crippen LogP contribution >= 0.6 is 0 Å². The normalized spacial score (nSPS) is 14.5. The van der Waals surface area contributed by atoms with E-state index in [1.54, 1.807) is 17.0 Å². The second kappa shape index (κ2) is 13.1. The highest BCUT2D eigenvalue weighted by molar-refractivity contribution is 7.92. The SMILES string of the molecule is Cc1ccccc1CN(C(=O)CN(c1ccccc1C)S(C)(=O)=O)[C@H](Cc1ccccc1)C(=O)NC1CCCC1. The van der Waals surface area contributed by atoms with Crippen LogP contribution in [-0.2, 0) is 32.6 Å². The lowest BCUT2D eigenvalue weighted by Gasteiger charge is -2.34. The highest BCUT2D eigenvalue weighted by atomic mass is 32.2. The summed E-state index contributed by atoms with van der Waals surface area (Å²) >= 11 is 0. The van der Waals surface area contributed by atoms with Crippen molar-refractivity contribution in [3.05, 3.63) is 101 Å². The molecule has 2 amide bonds. The van der Waals surface area contributed by atoms with E-state index in [0.29, 0.717) is 12.1 Å². The molecule has 0 unspecified atom stereocenters. The summed E-state index contributed by atoms with van der Waals surface area (Å²) in [4.78, 5) is 29.7. The van der Waals surface area contributed by atoms with Crippen LogP contribution in [0, 0.1) is 13.8 Å². The molecule has 1 aliphatic rings. The Morgan fingerprint density at radius 1 is 0.875 bits per heavy atom. The van der Waals surface area contributed by atoms with Crippen LogP contribution in [0.3, 0.4) is 0 Å². The number of carbonyl (C=O) groups is 2. The largest absolute Gasteiger partial charge is 0.352 e. The molecule has 3 aromatic rings. The van der Waals surface area contributed by atoms with Crippen molar-refractivity contribution < 1.29 is 18.0 Å². The number of hydrogen-bond acceptors (Lipinski definition) is 4. The van der Waals surface area contributed by atoms with Crippen LogP contribution in [0.5, 0.6) is 0 Å². The monoisotopic (exact) mass is 561 g/mol. The van der Waals surface area contributed by atoms with Crippen molar-refractivity contribution in [1.29, 1.82) is 0 Å². The predicted molar refractivity (Wildman–Crippen MR) is 159 cm³/mol. The molecule has 40 heavy (non-hydrogen) atoms. The summed E-state index contributed by atoms with van der Waals surface area (Å²) in [7, 11) is -3.79. The summed E-state index contributed by atoms with van der Waals surface area (Å²) < 4.78 is 27.1. The van der Waals surface area contributed by atoms with Gasteiger partial charge in [-0.25, -0.2) is 8.42 Å². The zero-order chi connectivity index (χ0) is 28.7. The minimum Gasteiger partial charge on any atom is -0.352 e. The number of rotatable bonds is 11. The zero-order valence-electron chi connectivity index (χ0n) is 23.5. The molecule has 4 rings (SSSR count). The highest BCUT2D eigenvalue weighted by Gasteiger charge is 2.34. The van der Waals surface area contributed by atoms with Crippen LogP contribution in [0.15, 0.2) is 78.9 Å². The minimum atomic E-state index is -3.79. The third-order valence-electron chi connectivity index (χ3n) is 7.64. The van der Waals surface area contributed by atoms with E-state index in [2.05, 4.69) is 5.32 Å². The van der Waals surface area contributed by atoms with E-state index < -0.39 is 28.5 Å². The molecule has 0 saturated heterocycles. The molecule has 1 fully saturated rings. The van der Waals surface area contributed by atoms with Gasteiger partial charge in [-0.3, -0.25) is 13.9 Å². The van der Waals surface area contributed by atoms with Crippen LogP contribution in [0.25, 0.3) is 0 Å². The molecular formula is C32H39N3O4S. The number of benzene rings is 3. The third kappa shape index (κ3) is 7.50. The fourth-order valence-corrected chi connectivity index (χ4v) is 6.24. The van der Waals surface area contributed by atoms with Gasteiger partial charge in [0.1, 0.15) is 12.6 Å². The van der Waals surface area contributed by atoms with Gasteiger partial charge in [0.15, 0.2) is 0 Å². The van der Waals surface area contributed by atoms with E-state index in [1.807, 2.05) is 80.6 Å². The maximum Gasteiger partial charge on any atom is 0.244 e. The van der Waals surface area contributed by atoms with Crippen molar-refractivity contribution in [3.8, 4) is 0 Å². The average Bonchev–Trinajstić information content (AvgIpc) is 3.43. The fourth-order valence-electron chi connectivity index (χ4n) is 5.33. The van der Waals surface area contributed by atoms with E-state index in [1.165, 1.54) is 0 Å². The summed E-state index contributed by atoms with van der Waals surface area (Å²) in [6, 6.07) is 23.8. The first-order valence-electron chi connectivity index (χ1n) is 13.8. The summed E-state index contributed by atoms with van der Waals surface area (Å²) in [6.45, 7) is 3.57. The molecule has 212 valence electrons. The average molecular weight is 562 g/mol. The van der Waals surface area contributed by atoms with Crippen LogP contribution in [0.4, 0.5) is 5.69 Å². The number of aryl methyl sites for hydroxylation is 2. The third-order valence-corrected chi connectivity index (χ3v) is 8.76. The Morgan fingerprint density at radius 3 is 2.10 bits per heavy atom. The Morgan fingerprint density at radius 2 is 1.48 bits per heavy atom. The quantitative estimate of drug-likeness (QED) is 0.366. The lowest BCUT2D eigenvalue weighted by Crippen LogP contribution is -2.54. The van der Waals surface area contributed by atoms with Crippen LogP contribution in [-0.4, -0.2) is 50.0 Å². The predicted octanol–water partition coefficient (Wildman–Crippen LogP) is 4.77. The second-order valence-corrected chi connectivity index (χ2v) is 12.6. The smallest absolute Gasteiger partial charge is 0.244 e. The lowest BCUT2D eigenvalue weighted by molar-refractivity contribution is -0.140. The molecule has 1 N–H and O–H groups in total. The van der Waals surface area contributed by atoms with Gasteiger partial charge in [0.05, 0.1) is 11.9 Å². The molecule has 8 heteroatoms. The molecule has 0 aliphatic heterocycles. The van der Waals surface area contributed by atoms with Gasteiger partial charge in [-0.15, -0.1) is 0 Å². The number of amides is 2. The molecular weight excluding hydrogens is 522 g/mol. The molecule has 0 aromatic heterocycles. The molecule has 0 radical (unpaired) electrons. The molecule has 0 heterocycles. The van der Waals surface area contributed by atoms with Crippen molar-refractivity contribution in [2.75, 3.05) is 17.1 Å². The molecule has 1 atom stereocenters. The minimum absolute atomic E-state index is 0.0840. The topological polar surface area (TPSA) is 86.8 Å². The Kier molecular flexibility index (Phi) is 9.63. The van der Waals surface area contributed by atoms with Gasteiger partial charge in [0.2, 0.25) is 21.8 Å². The maximum absolute atomic E-state index is 14.2. The fraction of sp³-hybridized carbons (Fsp3) is 0.375. The number of anilines is 1. The van der Waals surface area contributed by atoms with Crippen LogP contribution < -0.4 is 9.62 Å². The van der Waals surface area contributed by atoms with Gasteiger partial charge < -0.3 is 10.2 Å². The van der Waals surface area contributed by atoms with E-state index in [9.17, 15) is 18.0 Å². The zero-order valence-corrected chi connectivity index (χ0v) is 24.4. The number of para-hydroxylation sites is 1. The number of hydrogen-bond donors (Lipinski definition) is 1. The molecule has 3 aromatic carbocycles. The van der Waals surface area contributed by atoms with Gasteiger partial charge in [-0.05, 0) is 55.0 Å². The Hall–Kier alpha value is -3.65. The highest BCUT2D eigenvalue weighted by Crippen LogP contribution is 2.24. The van der Waals surface area contributed by atoms with Gasteiger partial charge in [0.25, 0.3) is 0 Å². The standard InChI is InChI=1S/C32H39N3O4S/c1-24-13-7-9-17-27(24)22-34(31(36)23-35(40(3,38)39)29-20-12-8-14-25(29)2)30(21-26-15-5-4-6-16-26)32(37)33-28-18-10-11-19-28/h4-9,12-17,20,28,30H,10-11,18-19,21-23H2,1-3H3,(H,33,37)/t30-/m1/s1. The molecule has 0 spiro atoms. The van der Waals surface area contributed by atoms with E-state index in [-0.39, 0.29) is 18.5 Å². The van der Waals surface area contributed by atoms with Crippen molar-refractivity contribution in [2.24, 2.45) is 0 Å². The molecule has 1 aliphatic carbocycles. The number of carbonyl (C=O) groups excluding carboxylic acids is 2. The van der Waals surface area contributed by atoms with Crippen molar-refractivity contribution in [1.82, 2.24) is 10.2 Å². The summed E-state index contributed by atoms with van der Waals surface area (Å²) in [6.07, 6.45) is 5.40. The first kappa shape index (κ1) is 29.3.